The van der Waals surface area contributed by atoms with E-state index in [0.717, 1.165) is 12.8 Å². The molecule has 5 nitrogen and oxygen atoms in total. The second-order valence-corrected chi connectivity index (χ2v) is 6.83. The molecule has 0 spiro atoms. The van der Waals surface area contributed by atoms with Crippen LogP contribution in [0.25, 0.3) is 0 Å². The number of likely N-dealkylation sites (tertiary alicyclic amines) is 1. The Kier molecular flexibility index (Phi) is 3.87. The van der Waals surface area contributed by atoms with Gasteiger partial charge in [0, 0.05) is 11.5 Å². The molecule has 0 aromatic carbocycles. The lowest BCUT2D eigenvalue weighted by atomic mass is 9.99. The van der Waals surface area contributed by atoms with Crippen molar-refractivity contribution in [2.75, 3.05) is 0 Å². The van der Waals surface area contributed by atoms with Gasteiger partial charge in [0.05, 0.1) is 0 Å². The molecule has 1 aliphatic heterocycles. The quantitative estimate of drug-likeness (QED) is 0.809. The van der Waals surface area contributed by atoms with Crippen LogP contribution in [0.4, 0.5) is 4.79 Å². The minimum Gasteiger partial charge on any atom is -0.480 e. The van der Waals surface area contributed by atoms with E-state index >= 15 is 0 Å². The Balaban J connectivity index is 2.15. The number of fused-ring (bicyclic) bond motifs is 1. The van der Waals surface area contributed by atoms with Gasteiger partial charge in [-0.15, -0.1) is 6.58 Å². The van der Waals surface area contributed by atoms with Crippen molar-refractivity contribution in [2.45, 2.75) is 57.7 Å². The first kappa shape index (κ1) is 15.6. The molecule has 1 heterocycles. The van der Waals surface area contributed by atoms with E-state index in [1.54, 1.807) is 26.8 Å². The van der Waals surface area contributed by atoms with Crippen molar-refractivity contribution in [1.82, 2.24) is 4.90 Å². The molecule has 2 rings (SSSR count). The maximum atomic E-state index is 12.3. The van der Waals surface area contributed by atoms with E-state index in [0.29, 0.717) is 6.42 Å². The summed E-state index contributed by atoms with van der Waals surface area (Å²) in [5.41, 5.74) is -0.818. The van der Waals surface area contributed by atoms with E-state index in [-0.39, 0.29) is 11.5 Å². The van der Waals surface area contributed by atoms with E-state index in [2.05, 4.69) is 6.58 Å². The molecule has 116 valence electrons. The zero-order chi connectivity index (χ0) is 15.8. The highest BCUT2D eigenvalue weighted by atomic mass is 16.6. The molecule has 1 aliphatic carbocycles. The molecule has 3 unspecified atom stereocenters. The number of ether oxygens (including phenoxy) is 1. The Hall–Kier alpha value is -1.78. The van der Waals surface area contributed by atoms with E-state index in [1.807, 2.05) is 12.2 Å². The number of rotatable bonds is 4. The first-order valence-electron chi connectivity index (χ1n) is 7.23. The number of hydrogen-bond donors (Lipinski definition) is 1. The Morgan fingerprint density at radius 3 is 2.62 bits per heavy atom. The number of hydrogen-bond acceptors (Lipinski definition) is 3. The van der Waals surface area contributed by atoms with Gasteiger partial charge < -0.3 is 9.84 Å². The molecular weight excluding hydrogens is 270 g/mol. The van der Waals surface area contributed by atoms with Crippen molar-refractivity contribution in [3.8, 4) is 0 Å². The van der Waals surface area contributed by atoms with Crippen LogP contribution in [-0.2, 0) is 9.53 Å². The molecule has 1 saturated heterocycles. The summed E-state index contributed by atoms with van der Waals surface area (Å²) >= 11 is 0. The lowest BCUT2D eigenvalue weighted by Gasteiger charge is -2.28. The predicted octanol–water partition coefficient (Wildman–Crippen LogP) is 2.97. The highest BCUT2D eigenvalue weighted by molar-refractivity contribution is 5.82. The van der Waals surface area contributed by atoms with Crippen molar-refractivity contribution in [1.29, 1.82) is 0 Å². The maximum absolute atomic E-state index is 12.3. The fourth-order valence-corrected chi connectivity index (χ4v) is 2.99. The van der Waals surface area contributed by atoms with E-state index in [4.69, 9.17) is 4.74 Å². The second kappa shape index (κ2) is 5.20. The van der Waals surface area contributed by atoms with Gasteiger partial charge in [-0.05, 0) is 40.0 Å². The van der Waals surface area contributed by atoms with E-state index < -0.39 is 23.7 Å². The highest BCUT2D eigenvalue weighted by Crippen LogP contribution is 2.60. The number of aliphatic carboxylic acids is 1. The number of piperidine rings is 1. The largest absolute Gasteiger partial charge is 0.480 e. The number of carboxylic acid groups (broad SMARTS) is 1. The summed E-state index contributed by atoms with van der Waals surface area (Å²) in [6.45, 7) is 8.99. The second-order valence-electron chi connectivity index (χ2n) is 6.83. The first-order chi connectivity index (χ1) is 9.70. The summed E-state index contributed by atoms with van der Waals surface area (Å²) in [6, 6.07) is -0.860. The number of carbonyl (C=O) groups excluding carboxylic acids is 1. The summed E-state index contributed by atoms with van der Waals surface area (Å²) in [5, 5.41) is 9.37. The molecule has 2 fully saturated rings. The minimum atomic E-state index is -0.968. The Bertz CT molecular complexity index is 491. The summed E-state index contributed by atoms with van der Waals surface area (Å²) in [5.74, 6) is -0.968. The van der Waals surface area contributed by atoms with Crippen LogP contribution in [0, 0.1) is 5.41 Å². The Morgan fingerprint density at radius 1 is 1.43 bits per heavy atom. The third kappa shape index (κ3) is 3.12. The number of allylic oxidation sites excluding steroid dienone is 2. The number of amides is 1. The molecule has 0 aromatic heterocycles. The van der Waals surface area contributed by atoms with Gasteiger partial charge in [0.15, 0.2) is 0 Å². The first-order valence-corrected chi connectivity index (χ1v) is 7.23. The average molecular weight is 293 g/mol. The monoisotopic (exact) mass is 293 g/mol. The molecule has 0 aromatic rings. The zero-order valence-corrected chi connectivity index (χ0v) is 12.8. The number of nitrogens with zero attached hydrogens (tertiary/aromatic N) is 1. The standard InChI is InChI=1S/C16H23NO4/c1-5-6-7-8-16-9-11(13(18)19)17(12(16)10-16)14(20)21-15(2,3)4/h5,7-8,11-12H,1,6,9-10H2,2-4H3,(H,18,19)/b8-7+. The minimum absolute atomic E-state index is 0.0606. The average Bonchev–Trinajstić information content (AvgIpc) is 2.92. The molecule has 0 radical (unpaired) electrons. The molecule has 0 bridgehead atoms. The Morgan fingerprint density at radius 2 is 2.10 bits per heavy atom. The fraction of sp³-hybridized carbons (Fsp3) is 0.625. The lowest BCUT2D eigenvalue weighted by Crippen LogP contribution is -2.45. The SMILES string of the molecule is C=CC/C=C/C12CC(C(=O)O)N(C(=O)OC(C)(C)C)C1C2. The van der Waals surface area contributed by atoms with Gasteiger partial charge in [-0.1, -0.05) is 18.2 Å². The van der Waals surface area contributed by atoms with Crippen molar-refractivity contribution >= 4 is 12.1 Å². The predicted molar refractivity (Wildman–Crippen MR) is 78.9 cm³/mol. The highest BCUT2D eigenvalue weighted by Gasteiger charge is 2.66. The van der Waals surface area contributed by atoms with Gasteiger partial charge in [-0.3, -0.25) is 4.90 Å². The van der Waals surface area contributed by atoms with Crippen LogP contribution >= 0.6 is 0 Å². The molecular formula is C16H23NO4. The Labute approximate surface area is 125 Å². The molecule has 2 aliphatic rings. The van der Waals surface area contributed by atoms with Gasteiger partial charge in [-0.2, -0.15) is 0 Å². The van der Waals surface area contributed by atoms with Crippen molar-refractivity contribution in [3.05, 3.63) is 24.8 Å². The molecule has 1 amide bonds. The van der Waals surface area contributed by atoms with Gasteiger partial charge in [-0.25, -0.2) is 9.59 Å². The van der Waals surface area contributed by atoms with Gasteiger partial charge in [0.25, 0.3) is 0 Å². The van der Waals surface area contributed by atoms with Crippen molar-refractivity contribution in [3.63, 3.8) is 0 Å². The van der Waals surface area contributed by atoms with Crippen LogP contribution in [0.1, 0.15) is 40.0 Å². The topological polar surface area (TPSA) is 66.8 Å². The van der Waals surface area contributed by atoms with Gasteiger partial charge >= 0.3 is 12.1 Å². The lowest BCUT2D eigenvalue weighted by molar-refractivity contribution is -0.142. The summed E-state index contributed by atoms with van der Waals surface area (Å²) in [6.07, 6.45) is 7.31. The fourth-order valence-electron chi connectivity index (χ4n) is 2.99. The third-order valence-electron chi connectivity index (χ3n) is 3.96. The van der Waals surface area contributed by atoms with E-state index in [1.165, 1.54) is 4.90 Å². The van der Waals surface area contributed by atoms with Crippen LogP contribution in [0.3, 0.4) is 0 Å². The van der Waals surface area contributed by atoms with Gasteiger partial charge in [0.1, 0.15) is 11.6 Å². The van der Waals surface area contributed by atoms with Crippen molar-refractivity contribution < 1.29 is 19.4 Å². The summed E-state index contributed by atoms with van der Waals surface area (Å²) in [7, 11) is 0. The van der Waals surface area contributed by atoms with Crippen molar-refractivity contribution in [2.24, 2.45) is 5.41 Å². The van der Waals surface area contributed by atoms with E-state index in [9.17, 15) is 14.7 Å². The molecule has 21 heavy (non-hydrogen) atoms. The summed E-state index contributed by atoms with van der Waals surface area (Å²) < 4.78 is 5.35. The summed E-state index contributed by atoms with van der Waals surface area (Å²) in [4.78, 5) is 25.1. The van der Waals surface area contributed by atoms with Crippen LogP contribution in [0.2, 0.25) is 0 Å². The van der Waals surface area contributed by atoms with Gasteiger partial charge in [0.2, 0.25) is 0 Å². The smallest absolute Gasteiger partial charge is 0.411 e. The van der Waals surface area contributed by atoms with Crippen LogP contribution in [0.5, 0.6) is 0 Å². The zero-order valence-electron chi connectivity index (χ0n) is 12.8. The molecule has 1 saturated carbocycles. The normalized spacial score (nSPS) is 31.1. The third-order valence-corrected chi connectivity index (χ3v) is 3.96. The van der Waals surface area contributed by atoms with Crippen LogP contribution in [0.15, 0.2) is 24.8 Å². The number of carbonyl (C=O) groups is 2. The molecule has 3 atom stereocenters. The van der Waals surface area contributed by atoms with Crippen LogP contribution < -0.4 is 0 Å². The van der Waals surface area contributed by atoms with Crippen LogP contribution in [-0.4, -0.2) is 39.8 Å². The molecule has 5 heteroatoms. The molecule has 1 N–H and O–H groups in total. The maximum Gasteiger partial charge on any atom is 0.411 e. The number of carboxylic acids is 1.